The van der Waals surface area contributed by atoms with Gasteiger partial charge in [0.1, 0.15) is 11.5 Å². The van der Waals surface area contributed by atoms with Crippen LogP contribution in [0.5, 0.6) is 11.5 Å². The summed E-state index contributed by atoms with van der Waals surface area (Å²) in [5, 5.41) is 23.4. The number of rotatable bonds is 6. The van der Waals surface area contributed by atoms with Gasteiger partial charge < -0.3 is 10.2 Å². The van der Waals surface area contributed by atoms with Crippen molar-refractivity contribution in [2.75, 3.05) is 28.2 Å². The molecule has 0 saturated heterocycles. The fourth-order valence-electron chi connectivity index (χ4n) is 6.11. The molecule has 242 valence electrons. The summed E-state index contributed by atoms with van der Waals surface area (Å²) in [6.07, 6.45) is 0. The third kappa shape index (κ3) is 7.51. The highest BCUT2D eigenvalue weighted by molar-refractivity contribution is 5.54. The number of aromatic hydroxyl groups is 2. The van der Waals surface area contributed by atoms with Gasteiger partial charge in [-0.3, -0.25) is 9.80 Å². The van der Waals surface area contributed by atoms with E-state index in [9.17, 15) is 10.2 Å². The summed E-state index contributed by atoms with van der Waals surface area (Å²) in [6.45, 7) is 26.3. The van der Waals surface area contributed by atoms with E-state index in [2.05, 4.69) is 170 Å². The van der Waals surface area contributed by atoms with E-state index in [4.69, 9.17) is 0 Å². The van der Waals surface area contributed by atoms with Crippen LogP contribution in [0, 0.1) is 0 Å². The van der Waals surface area contributed by atoms with Crippen molar-refractivity contribution in [3.63, 3.8) is 0 Å². The average Bonchev–Trinajstić information content (AvgIpc) is 2.84. The molecule has 2 N–H and O–H groups in total. The molecule has 0 spiro atoms. The number of benzene rings is 3. The highest BCUT2D eigenvalue weighted by Crippen LogP contribution is 2.45. The monoisotopic (exact) mass is 600 g/mol. The zero-order valence-corrected chi connectivity index (χ0v) is 30.6. The van der Waals surface area contributed by atoms with Crippen molar-refractivity contribution in [2.24, 2.45) is 0 Å². The summed E-state index contributed by atoms with van der Waals surface area (Å²) in [5.74, 6) is 0.746. The Morgan fingerprint density at radius 2 is 0.727 bits per heavy atom. The normalized spacial score (nSPS) is 14.8. The van der Waals surface area contributed by atoms with Gasteiger partial charge in [0.05, 0.1) is 12.1 Å². The second kappa shape index (κ2) is 12.2. The van der Waals surface area contributed by atoms with Gasteiger partial charge in [-0.25, -0.2) is 0 Å². The second-order valence-corrected chi connectivity index (χ2v) is 17.3. The molecule has 0 heterocycles. The van der Waals surface area contributed by atoms with Crippen molar-refractivity contribution >= 4 is 0 Å². The molecule has 44 heavy (non-hydrogen) atoms. The van der Waals surface area contributed by atoms with Gasteiger partial charge in [-0.05, 0) is 95.4 Å². The topological polar surface area (TPSA) is 46.9 Å². The van der Waals surface area contributed by atoms with E-state index in [-0.39, 0.29) is 33.7 Å². The van der Waals surface area contributed by atoms with Gasteiger partial charge in [0.2, 0.25) is 0 Å². The van der Waals surface area contributed by atoms with Crippen LogP contribution in [-0.4, -0.2) is 48.2 Å². The minimum atomic E-state index is -0.199. The Labute approximate surface area is 269 Å². The summed E-state index contributed by atoms with van der Waals surface area (Å²) in [6, 6.07) is 17.2. The average molecular weight is 601 g/mol. The van der Waals surface area contributed by atoms with Crippen LogP contribution in [0.3, 0.4) is 0 Å². The molecule has 0 fully saturated rings. The first kappa shape index (κ1) is 35.7. The number of phenols is 2. The SMILES string of the molecule is CN(C)C(c1ccc(C(c2cc(C(C)(C)C)cc(C(C)(C)C)c2O)N(C)C)cc1)c1cc(C(C)(C)C)cc(C(C)(C)C)c1O. The lowest BCUT2D eigenvalue weighted by atomic mass is 9.77. The molecular weight excluding hydrogens is 540 g/mol. The first-order valence-electron chi connectivity index (χ1n) is 16.0. The maximum absolute atomic E-state index is 11.7. The van der Waals surface area contributed by atoms with Crippen molar-refractivity contribution in [1.82, 2.24) is 9.80 Å². The van der Waals surface area contributed by atoms with Crippen LogP contribution >= 0.6 is 0 Å². The van der Waals surface area contributed by atoms with Crippen molar-refractivity contribution in [1.29, 1.82) is 0 Å². The van der Waals surface area contributed by atoms with Crippen LogP contribution in [0.15, 0.2) is 48.5 Å². The first-order valence-corrected chi connectivity index (χ1v) is 16.0. The predicted octanol–water partition coefficient (Wildman–Crippen LogP) is 9.59. The third-order valence-corrected chi connectivity index (χ3v) is 8.82. The molecule has 0 aliphatic heterocycles. The highest BCUT2D eigenvalue weighted by atomic mass is 16.3. The van der Waals surface area contributed by atoms with Gasteiger partial charge in [-0.1, -0.05) is 119 Å². The Balaban J connectivity index is 2.23. The Bertz CT molecular complexity index is 1340. The van der Waals surface area contributed by atoms with Crippen molar-refractivity contribution < 1.29 is 10.2 Å². The Morgan fingerprint density at radius 1 is 0.455 bits per heavy atom. The molecule has 0 amide bonds. The van der Waals surface area contributed by atoms with Crippen molar-refractivity contribution in [3.8, 4) is 11.5 Å². The zero-order chi connectivity index (χ0) is 33.7. The lowest BCUT2D eigenvalue weighted by Gasteiger charge is -2.33. The maximum Gasteiger partial charge on any atom is 0.124 e. The molecule has 2 unspecified atom stereocenters. The minimum absolute atomic E-state index is 0.0579. The Kier molecular flexibility index (Phi) is 9.87. The van der Waals surface area contributed by atoms with Crippen LogP contribution in [0.25, 0.3) is 0 Å². The van der Waals surface area contributed by atoms with Crippen LogP contribution < -0.4 is 0 Å². The highest BCUT2D eigenvalue weighted by Gasteiger charge is 2.32. The van der Waals surface area contributed by atoms with Gasteiger partial charge in [0, 0.05) is 11.1 Å². The standard InChI is InChI=1S/C40H60N2O2/c1-37(2,3)27-21-29(35(43)31(23-27)39(7,8)9)33(41(13)14)25-17-19-26(20-18-25)34(42(15)16)30-22-28(38(4,5)6)24-32(36(30)44)40(10,11)12/h17-24,33-34,43-44H,1-16H3. The fraction of sp³-hybridized carbons (Fsp3) is 0.550. The van der Waals surface area contributed by atoms with Gasteiger partial charge in [-0.15, -0.1) is 0 Å². The van der Waals surface area contributed by atoms with Crippen molar-refractivity contribution in [2.45, 2.75) is 117 Å². The molecule has 0 radical (unpaired) electrons. The van der Waals surface area contributed by atoms with E-state index in [1.165, 1.54) is 11.1 Å². The van der Waals surface area contributed by atoms with Gasteiger partial charge in [0.15, 0.2) is 0 Å². The summed E-state index contributed by atoms with van der Waals surface area (Å²) in [5.41, 5.74) is 7.94. The second-order valence-electron chi connectivity index (χ2n) is 17.3. The van der Waals surface area contributed by atoms with E-state index in [1.54, 1.807) is 0 Å². The number of hydrogen-bond acceptors (Lipinski definition) is 4. The van der Waals surface area contributed by atoms with Crippen LogP contribution in [0.4, 0.5) is 0 Å². The predicted molar refractivity (Wildman–Crippen MR) is 189 cm³/mol. The van der Waals surface area contributed by atoms with Crippen molar-refractivity contribution in [3.05, 3.63) is 93.0 Å². The third-order valence-electron chi connectivity index (χ3n) is 8.82. The molecule has 3 aromatic carbocycles. The maximum atomic E-state index is 11.7. The fourth-order valence-corrected chi connectivity index (χ4v) is 6.11. The number of hydrogen-bond donors (Lipinski definition) is 2. The van der Waals surface area contributed by atoms with Gasteiger partial charge >= 0.3 is 0 Å². The van der Waals surface area contributed by atoms with E-state index in [0.717, 1.165) is 33.4 Å². The molecule has 0 bridgehead atoms. The summed E-state index contributed by atoms with van der Waals surface area (Å²) < 4.78 is 0. The summed E-state index contributed by atoms with van der Waals surface area (Å²) in [4.78, 5) is 4.36. The molecular formula is C40H60N2O2. The lowest BCUT2D eigenvalue weighted by molar-refractivity contribution is 0.324. The van der Waals surface area contributed by atoms with Gasteiger partial charge in [0.25, 0.3) is 0 Å². The molecule has 0 aromatic heterocycles. The summed E-state index contributed by atoms with van der Waals surface area (Å²) in [7, 11) is 8.30. The molecule has 0 saturated carbocycles. The molecule has 4 heteroatoms. The number of phenolic OH excluding ortho intramolecular Hbond substituents is 2. The van der Waals surface area contributed by atoms with E-state index in [0.29, 0.717) is 11.5 Å². The molecule has 3 rings (SSSR count). The minimum Gasteiger partial charge on any atom is -0.507 e. The smallest absolute Gasteiger partial charge is 0.124 e. The van der Waals surface area contributed by atoms with Gasteiger partial charge in [-0.2, -0.15) is 0 Å². The molecule has 2 atom stereocenters. The molecule has 3 aromatic rings. The Hall–Kier alpha value is -2.82. The lowest BCUT2D eigenvalue weighted by Crippen LogP contribution is -2.25. The van der Waals surface area contributed by atoms with Crippen LogP contribution in [-0.2, 0) is 21.7 Å². The van der Waals surface area contributed by atoms with E-state index in [1.807, 2.05) is 0 Å². The van der Waals surface area contributed by atoms with E-state index < -0.39 is 0 Å². The quantitative estimate of drug-likeness (QED) is 0.296. The molecule has 0 aliphatic rings. The van der Waals surface area contributed by atoms with Crippen LogP contribution in [0.1, 0.15) is 140 Å². The van der Waals surface area contributed by atoms with E-state index >= 15 is 0 Å². The molecule has 0 aliphatic carbocycles. The van der Waals surface area contributed by atoms with Crippen LogP contribution in [0.2, 0.25) is 0 Å². The summed E-state index contributed by atoms with van der Waals surface area (Å²) >= 11 is 0. The largest absolute Gasteiger partial charge is 0.507 e. The zero-order valence-electron chi connectivity index (χ0n) is 30.6. The molecule has 4 nitrogen and oxygen atoms in total. The first-order chi connectivity index (χ1) is 19.9. The number of nitrogens with zero attached hydrogens (tertiary/aromatic N) is 2. The Morgan fingerprint density at radius 3 is 0.932 bits per heavy atom.